The Morgan fingerprint density at radius 3 is 2.36 bits per heavy atom. The van der Waals surface area contributed by atoms with Crippen molar-refractivity contribution in [3.05, 3.63) is 29.8 Å². The van der Waals surface area contributed by atoms with Crippen LogP contribution in [0.25, 0.3) is 0 Å². The van der Waals surface area contributed by atoms with Crippen molar-refractivity contribution in [1.82, 2.24) is 15.5 Å². The topological polar surface area (TPSA) is 82.7 Å². The Balaban J connectivity index is 1.55. The molecule has 0 aromatic heterocycles. The third kappa shape index (κ3) is 5.23. The first kappa shape index (κ1) is 20.6. The van der Waals surface area contributed by atoms with Crippen molar-refractivity contribution in [2.45, 2.75) is 44.6 Å². The van der Waals surface area contributed by atoms with Crippen molar-refractivity contribution in [3.8, 4) is 0 Å². The molecular weight excluding hydrogens is 356 g/mol. The maximum Gasteiger partial charge on any atom is 0.319 e. The largest absolute Gasteiger partial charge is 0.379 e. The van der Waals surface area contributed by atoms with E-state index in [4.69, 9.17) is 4.74 Å². The first-order valence-electron chi connectivity index (χ1n) is 10.4. The van der Waals surface area contributed by atoms with Gasteiger partial charge in [0.15, 0.2) is 0 Å². The molecule has 3 rings (SSSR count). The molecule has 0 spiro atoms. The van der Waals surface area contributed by atoms with Crippen LogP contribution in [0.1, 0.15) is 49.4 Å². The molecule has 1 aliphatic heterocycles. The van der Waals surface area contributed by atoms with Crippen molar-refractivity contribution >= 4 is 17.6 Å². The monoisotopic (exact) mass is 388 g/mol. The Labute approximate surface area is 167 Å². The van der Waals surface area contributed by atoms with Gasteiger partial charge in [0.2, 0.25) is 0 Å². The van der Waals surface area contributed by atoms with E-state index >= 15 is 0 Å². The number of carbonyl (C=O) groups excluding carboxylic acids is 2. The van der Waals surface area contributed by atoms with E-state index in [1.807, 2.05) is 6.92 Å². The van der Waals surface area contributed by atoms with E-state index in [1.165, 1.54) is 19.3 Å². The van der Waals surface area contributed by atoms with E-state index in [0.717, 1.165) is 39.1 Å². The lowest BCUT2D eigenvalue weighted by Gasteiger charge is -2.48. The van der Waals surface area contributed by atoms with E-state index in [0.29, 0.717) is 24.3 Å². The molecule has 0 atom stereocenters. The van der Waals surface area contributed by atoms with Gasteiger partial charge in [-0.3, -0.25) is 9.69 Å². The first-order chi connectivity index (χ1) is 13.6. The second-order valence-electron chi connectivity index (χ2n) is 7.63. The number of benzene rings is 1. The van der Waals surface area contributed by atoms with Crippen molar-refractivity contribution in [2.24, 2.45) is 0 Å². The van der Waals surface area contributed by atoms with Gasteiger partial charge in [-0.15, -0.1) is 0 Å². The van der Waals surface area contributed by atoms with Crippen LogP contribution in [0.5, 0.6) is 0 Å². The normalized spacial score (nSPS) is 19.6. The van der Waals surface area contributed by atoms with Gasteiger partial charge in [0.1, 0.15) is 0 Å². The molecule has 3 amide bonds. The molecule has 7 heteroatoms. The Hall–Kier alpha value is -2.12. The van der Waals surface area contributed by atoms with Crippen LogP contribution in [0.3, 0.4) is 0 Å². The lowest BCUT2D eigenvalue weighted by Crippen LogP contribution is -2.60. The lowest BCUT2D eigenvalue weighted by atomic mass is 9.80. The molecule has 2 fully saturated rings. The molecule has 1 heterocycles. The highest BCUT2D eigenvalue weighted by molar-refractivity contribution is 5.95. The van der Waals surface area contributed by atoms with Crippen LogP contribution in [0.2, 0.25) is 0 Å². The van der Waals surface area contributed by atoms with E-state index in [9.17, 15) is 9.59 Å². The number of hydrogen-bond acceptors (Lipinski definition) is 4. The van der Waals surface area contributed by atoms with E-state index in [-0.39, 0.29) is 17.5 Å². The van der Waals surface area contributed by atoms with Crippen molar-refractivity contribution in [3.63, 3.8) is 0 Å². The molecule has 0 bridgehead atoms. The predicted molar refractivity (Wildman–Crippen MR) is 110 cm³/mol. The van der Waals surface area contributed by atoms with Gasteiger partial charge >= 0.3 is 6.03 Å². The second kappa shape index (κ2) is 9.89. The van der Waals surface area contributed by atoms with Gasteiger partial charge in [-0.05, 0) is 44.0 Å². The number of nitrogens with one attached hydrogen (secondary N) is 3. The van der Waals surface area contributed by atoms with Crippen molar-refractivity contribution < 1.29 is 14.3 Å². The minimum atomic E-state index is -0.205. The lowest BCUT2D eigenvalue weighted by molar-refractivity contribution is -0.0356. The quantitative estimate of drug-likeness (QED) is 0.700. The molecule has 3 N–H and O–H groups in total. The summed E-state index contributed by atoms with van der Waals surface area (Å²) in [6.07, 6.45) is 5.93. The average Bonchev–Trinajstić information content (AvgIpc) is 2.74. The highest BCUT2D eigenvalue weighted by Crippen LogP contribution is 2.33. The summed E-state index contributed by atoms with van der Waals surface area (Å²) in [7, 11) is 0. The fourth-order valence-electron chi connectivity index (χ4n) is 4.24. The average molecular weight is 389 g/mol. The van der Waals surface area contributed by atoms with Gasteiger partial charge in [-0.25, -0.2) is 4.79 Å². The highest BCUT2D eigenvalue weighted by Gasteiger charge is 2.38. The zero-order valence-corrected chi connectivity index (χ0v) is 16.8. The smallest absolute Gasteiger partial charge is 0.319 e. The van der Waals surface area contributed by atoms with Gasteiger partial charge in [0, 0.05) is 43.0 Å². The maximum absolute atomic E-state index is 12.5. The maximum atomic E-state index is 12.5. The van der Waals surface area contributed by atoms with E-state index in [2.05, 4.69) is 20.9 Å². The van der Waals surface area contributed by atoms with Crippen LogP contribution in [-0.4, -0.2) is 61.8 Å². The standard InChI is InChI=1S/C21H32N4O3/c1-2-22-19(26)17-6-8-18(9-7-17)24-20(27)23-16-21(10-4-3-5-11-21)25-12-14-28-15-13-25/h6-9H,2-5,10-16H2,1H3,(H,22,26)(H2,23,24,27). The van der Waals surface area contributed by atoms with Crippen LogP contribution < -0.4 is 16.0 Å². The number of ether oxygens (including phenoxy) is 1. The summed E-state index contributed by atoms with van der Waals surface area (Å²) in [6.45, 7) is 6.53. The SMILES string of the molecule is CCNC(=O)c1ccc(NC(=O)NCC2(N3CCOCC3)CCCCC2)cc1. The molecule has 1 aromatic carbocycles. The zero-order chi connectivity index (χ0) is 19.8. The Morgan fingerprint density at radius 2 is 1.71 bits per heavy atom. The summed E-state index contributed by atoms with van der Waals surface area (Å²) in [4.78, 5) is 26.8. The predicted octanol–water partition coefficient (Wildman–Crippen LogP) is 2.59. The minimum Gasteiger partial charge on any atom is -0.379 e. The molecule has 0 radical (unpaired) electrons. The number of carbonyl (C=O) groups is 2. The van der Waals surface area contributed by atoms with Crippen LogP contribution in [0.15, 0.2) is 24.3 Å². The van der Waals surface area contributed by atoms with Gasteiger partial charge < -0.3 is 20.7 Å². The molecule has 2 aliphatic rings. The minimum absolute atomic E-state index is 0.0431. The molecule has 7 nitrogen and oxygen atoms in total. The molecular formula is C21H32N4O3. The molecule has 1 aliphatic carbocycles. The van der Waals surface area contributed by atoms with E-state index < -0.39 is 0 Å². The molecule has 154 valence electrons. The molecule has 0 unspecified atom stereocenters. The zero-order valence-electron chi connectivity index (χ0n) is 16.8. The fraction of sp³-hybridized carbons (Fsp3) is 0.619. The summed E-state index contributed by atoms with van der Waals surface area (Å²) >= 11 is 0. The number of anilines is 1. The summed E-state index contributed by atoms with van der Waals surface area (Å²) in [5.74, 6) is -0.108. The van der Waals surface area contributed by atoms with Crippen molar-refractivity contribution in [1.29, 1.82) is 0 Å². The van der Waals surface area contributed by atoms with E-state index in [1.54, 1.807) is 24.3 Å². The number of hydrogen-bond donors (Lipinski definition) is 3. The van der Waals surface area contributed by atoms with Gasteiger partial charge in [0.05, 0.1) is 13.2 Å². The van der Waals surface area contributed by atoms with Crippen molar-refractivity contribution in [2.75, 3.05) is 44.7 Å². The van der Waals surface area contributed by atoms with Crippen LogP contribution in [-0.2, 0) is 4.74 Å². The summed E-state index contributed by atoms with van der Waals surface area (Å²) in [5.41, 5.74) is 1.30. The summed E-state index contributed by atoms with van der Waals surface area (Å²) < 4.78 is 5.51. The molecule has 1 saturated carbocycles. The summed E-state index contributed by atoms with van der Waals surface area (Å²) in [6, 6.07) is 6.74. The number of rotatable bonds is 6. The Morgan fingerprint density at radius 1 is 1.04 bits per heavy atom. The first-order valence-corrected chi connectivity index (χ1v) is 10.4. The Bertz CT molecular complexity index is 650. The highest BCUT2D eigenvalue weighted by atomic mass is 16.5. The van der Waals surface area contributed by atoms with Gasteiger partial charge in [0.25, 0.3) is 5.91 Å². The third-order valence-corrected chi connectivity index (χ3v) is 5.79. The number of urea groups is 1. The molecule has 1 saturated heterocycles. The van der Waals surface area contributed by atoms with Crippen LogP contribution in [0.4, 0.5) is 10.5 Å². The van der Waals surface area contributed by atoms with Crippen LogP contribution in [0, 0.1) is 0 Å². The second-order valence-corrected chi connectivity index (χ2v) is 7.63. The molecule has 28 heavy (non-hydrogen) atoms. The van der Waals surface area contributed by atoms with Gasteiger partial charge in [-0.1, -0.05) is 19.3 Å². The Kier molecular flexibility index (Phi) is 7.28. The number of amides is 3. The molecule has 1 aromatic rings. The summed E-state index contributed by atoms with van der Waals surface area (Å²) in [5, 5.41) is 8.72. The third-order valence-electron chi connectivity index (χ3n) is 5.79. The number of nitrogens with zero attached hydrogens (tertiary/aromatic N) is 1. The van der Waals surface area contributed by atoms with Crippen LogP contribution >= 0.6 is 0 Å². The number of morpholine rings is 1. The fourth-order valence-corrected chi connectivity index (χ4v) is 4.24. The van der Waals surface area contributed by atoms with Gasteiger partial charge in [-0.2, -0.15) is 0 Å².